The fourth-order valence-electron chi connectivity index (χ4n) is 3.61. The number of benzene rings is 1. The minimum atomic E-state index is 0.592. The van der Waals surface area contributed by atoms with E-state index in [1.165, 1.54) is 56.1 Å². The van der Waals surface area contributed by atoms with Crippen LogP contribution in [0.5, 0.6) is 0 Å². The number of hydrogen-bond acceptors (Lipinski definition) is 0. The summed E-state index contributed by atoms with van der Waals surface area (Å²) in [5.41, 5.74) is 2.59. The van der Waals surface area contributed by atoms with Gasteiger partial charge < -0.3 is 0 Å². The van der Waals surface area contributed by atoms with Crippen molar-refractivity contribution in [2.24, 2.45) is 17.8 Å². The summed E-state index contributed by atoms with van der Waals surface area (Å²) >= 11 is 0. The van der Waals surface area contributed by atoms with E-state index < -0.39 is 0 Å². The predicted molar refractivity (Wildman–Crippen MR) is 96.7 cm³/mol. The topological polar surface area (TPSA) is 0 Å². The highest BCUT2D eigenvalue weighted by molar-refractivity contribution is 5.36. The molecule has 0 nitrogen and oxygen atoms in total. The highest BCUT2D eigenvalue weighted by Gasteiger charge is 2.24. The fraction of sp³-hybridized carbons (Fsp3) is 0.545. The van der Waals surface area contributed by atoms with Gasteiger partial charge >= 0.3 is 0 Å². The second-order valence-corrected chi connectivity index (χ2v) is 6.64. The SMILES string of the molecule is C=CC(CC)C1CCC(C#Cc2ccc(CCC)cc2)CC1. The normalized spacial score (nSPS) is 22.5. The van der Waals surface area contributed by atoms with Gasteiger partial charge in [0.2, 0.25) is 0 Å². The Bertz CT molecular complexity index is 503. The van der Waals surface area contributed by atoms with E-state index in [0.717, 1.165) is 5.92 Å². The third kappa shape index (κ3) is 4.77. The van der Waals surface area contributed by atoms with Crippen LogP contribution in [0.4, 0.5) is 0 Å². The lowest BCUT2D eigenvalue weighted by molar-refractivity contribution is 0.254. The monoisotopic (exact) mass is 294 g/mol. The molecule has 1 aliphatic carbocycles. The van der Waals surface area contributed by atoms with Gasteiger partial charge in [-0.15, -0.1) is 6.58 Å². The molecule has 2 rings (SSSR count). The Kier molecular flexibility index (Phi) is 6.78. The fourth-order valence-corrected chi connectivity index (χ4v) is 3.61. The van der Waals surface area contributed by atoms with E-state index in [4.69, 9.17) is 0 Å². The Morgan fingerprint density at radius 1 is 1.14 bits per heavy atom. The zero-order valence-corrected chi connectivity index (χ0v) is 14.3. The molecule has 1 aliphatic rings. The van der Waals surface area contributed by atoms with Crippen molar-refractivity contribution in [3.8, 4) is 11.8 Å². The van der Waals surface area contributed by atoms with E-state index in [0.29, 0.717) is 11.8 Å². The van der Waals surface area contributed by atoms with Gasteiger partial charge in [0.05, 0.1) is 0 Å². The van der Waals surface area contributed by atoms with Crippen LogP contribution in [-0.2, 0) is 6.42 Å². The van der Waals surface area contributed by atoms with Crippen LogP contribution in [0.1, 0.15) is 63.5 Å². The molecule has 1 aromatic carbocycles. The maximum atomic E-state index is 3.99. The maximum absolute atomic E-state index is 3.99. The number of hydrogen-bond donors (Lipinski definition) is 0. The molecule has 1 aromatic rings. The van der Waals surface area contributed by atoms with Gasteiger partial charge in [-0.3, -0.25) is 0 Å². The first kappa shape index (κ1) is 16.9. The summed E-state index contributed by atoms with van der Waals surface area (Å²) in [6.45, 7) is 8.49. The van der Waals surface area contributed by atoms with Crippen LogP contribution in [0.2, 0.25) is 0 Å². The zero-order valence-electron chi connectivity index (χ0n) is 14.3. The number of aryl methyl sites for hydroxylation is 1. The minimum absolute atomic E-state index is 0.592. The standard InChI is InChI=1S/C22H30/c1-4-7-18-8-10-19(11-9-18)12-13-20-14-16-22(17-15-20)21(5-2)6-3/h5,8-11,20-22H,2,4,6-7,14-17H2,1,3H3. The van der Waals surface area contributed by atoms with Crippen molar-refractivity contribution >= 4 is 0 Å². The quantitative estimate of drug-likeness (QED) is 0.461. The molecule has 0 saturated heterocycles. The molecule has 0 amide bonds. The van der Waals surface area contributed by atoms with Gasteiger partial charge in [-0.1, -0.05) is 50.3 Å². The highest BCUT2D eigenvalue weighted by Crippen LogP contribution is 2.35. The van der Waals surface area contributed by atoms with Crippen LogP contribution in [0, 0.1) is 29.6 Å². The lowest BCUT2D eigenvalue weighted by Crippen LogP contribution is -2.19. The first-order valence-electron chi connectivity index (χ1n) is 8.99. The largest absolute Gasteiger partial charge is 0.103 e. The first-order chi connectivity index (χ1) is 10.8. The van der Waals surface area contributed by atoms with Crippen molar-refractivity contribution in [3.05, 3.63) is 48.0 Å². The van der Waals surface area contributed by atoms with E-state index in [-0.39, 0.29) is 0 Å². The molecule has 1 fully saturated rings. The molecule has 1 unspecified atom stereocenters. The Labute approximate surface area is 137 Å². The van der Waals surface area contributed by atoms with Crippen molar-refractivity contribution in [2.45, 2.75) is 58.8 Å². The Balaban J connectivity index is 1.87. The third-order valence-electron chi connectivity index (χ3n) is 5.06. The highest BCUT2D eigenvalue weighted by atomic mass is 14.3. The molecule has 1 atom stereocenters. The Hall–Kier alpha value is -1.48. The molecule has 0 spiro atoms. The summed E-state index contributed by atoms with van der Waals surface area (Å²) in [4.78, 5) is 0. The molecule has 0 bridgehead atoms. The van der Waals surface area contributed by atoms with Gasteiger partial charge in [0.25, 0.3) is 0 Å². The van der Waals surface area contributed by atoms with Crippen molar-refractivity contribution < 1.29 is 0 Å². The summed E-state index contributed by atoms with van der Waals surface area (Å²) in [5, 5.41) is 0. The molecular weight excluding hydrogens is 264 g/mol. The van der Waals surface area contributed by atoms with Crippen LogP contribution in [0.25, 0.3) is 0 Å². The van der Waals surface area contributed by atoms with E-state index in [1.54, 1.807) is 0 Å². The lowest BCUT2D eigenvalue weighted by Gasteiger charge is -2.30. The first-order valence-corrected chi connectivity index (χ1v) is 8.99. The molecule has 1 saturated carbocycles. The van der Waals surface area contributed by atoms with Crippen LogP contribution in [-0.4, -0.2) is 0 Å². The minimum Gasteiger partial charge on any atom is -0.103 e. The maximum Gasteiger partial charge on any atom is 0.0245 e. The second-order valence-electron chi connectivity index (χ2n) is 6.64. The molecule has 22 heavy (non-hydrogen) atoms. The van der Waals surface area contributed by atoms with Gasteiger partial charge in [0.15, 0.2) is 0 Å². The van der Waals surface area contributed by atoms with Crippen molar-refractivity contribution in [2.75, 3.05) is 0 Å². The Morgan fingerprint density at radius 2 is 1.82 bits per heavy atom. The molecule has 0 aliphatic heterocycles. The van der Waals surface area contributed by atoms with Crippen molar-refractivity contribution in [1.29, 1.82) is 0 Å². The molecular formula is C22H30. The van der Waals surface area contributed by atoms with Gasteiger partial charge in [0, 0.05) is 11.5 Å². The van der Waals surface area contributed by atoms with E-state index in [2.05, 4.69) is 62.6 Å². The Morgan fingerprint density at radius 3 is 2.36 bits per heavy atom. The molecule has 118 valence electrons. The van der Waals surface area contributed by atoms with Gasteiger partial charge in [-0.05, 0) is 68.1 Å². The zero-order chi connectivity index (χ0) is 15.8. The third-order valence-corrected chi connectivity index (χ3v) is 5.06. The molecule has 0 N–H and O–H groups in total. The van der Waals surface area contributed by atoms with Gasteiger partial charge in [0.1, 0.15) is 0 Å². The van der Waals surface area contributed by atoms with Gasteiger partial charge in [-0.2, -0.15) is 0 Å². The summed E-state index contributed by atoms with van der Waals surface area (Å²) in [6.07, 6.45) is 10.9. The van der Waals surface area contributed by atoms with Crippen LogP contribution in [0.3, 0.4) is 0 Å². The number of rotatable bonds is 5. The second kappa shape index (κ2) is 8.84. The summed E-state index contributed by atoms with van der Waals surface area (Å²) in [7, 11) is 0. The van der Waals surface area contributed by atoms with Crippen LogP contribution in [0.15, 0.2) is 36.9 Å². The summed E-state index contributed by atoms with van der Waals surface area (Å²) in [6, 6.07) is 8.80. The van der Waals surface area contributed by atoms with Crippen LogP contribution < -0.4 is 0 Å². The molecule has 0 heteroatoms. The predicted octanol–water partition coefficient (Wildman–Crippen LogP) is 6.01. The van der Waals surface area contributed by atoms with Crippen molar-refractivity contribution in [1.82, 2.24) is 0 Å². The van der Waals surface area contributed by atoms with E-state index in [1.807, 2.05) is 0 Å². The average molecular weight is 294 g/mol. The number of allylic oxidation sites excluding steroid dienone is 1. The average Bonchev–Trinajstić information content (AvgIpc) is 2.57. The summed E-state index contributed by atoms with van der Waals surface area (Å²) < 4.78 is 0. The van der Waals surface area contributed by atoms with Crippen molar-refractivity contribution in [3.63, 3.8) is 0 Å². The smallest absolute Gasteiger partial charge is 0.0245 e. The van der Waals surface area contributed by atoms with Gasteiger partial charge in [-0.25, -0.2) is 0 Å². The molecule has 0 heterocycles. The summed E-state index contributed by atoms with van der Waals surface area (Å²) in [5.74, 6) is 9.04. The lowest BCUT2D eigenvalue weighted by atomic mass is 9.75. The van der Waals surface area contributed by atoms with E-state index >= 15 is 0 Å². The molecule has 0 aromatic heterocycles. The van der Waals surface area contributed by atoms with E-state index in [9.17, 15) is 0 Å². The molecule has 0 radical (unpaired) electrons. The van der Waals surface area contributed by atoms with Crippen LogP contribution >= 0.6 is 0 Å².